The molecule has 3 heteroatoms. The normalized spacial score (nSPS) is 17.3. The fraction of sp³-hybridized carbons (Fsp3) is 0.600. The molecule has 3 nitrogen and oxygen atoms in total. The molecular weight excluding hydrogens is 226 g/mol. The Balaban J connectivity index is 2.17. The first kappa shape index (κ1) is 13.2. The Morgan fingerprint density at radius 2 is 1.94 bits per heavy atom. The summed E-state index contributed by atoms with van der Waals surface area (Å²) in [7, 11) is 2.04. The van der Waals surface area contributed by atoms with Crippen LogP contribution in [0.4, 0.5) is 0 Å². The summed E-state index contributed by atoms with van der Waals surface area (Å²) in [5, 5.41) is 3.41. The van der Waals surface area contributed by atoms with E-state index in [0.29, 0.717) is 25.2 Å². The first-order valence-corrected chi connectivity index (χ1v) is 6.83. The third-order valence-electron chi connectivity index (χ3n) is 3.67. The van der Waals surface area contributed by atoms with Crippen LogP contribution in [0, 0.1) is 0 Å². The van der Waals surface area contributed by atoms with Crippen LogP contribution in [0.25, 0.3) is 0 Å². The Hall–Kier alpha value is -1.22. The van der Waals surface area contributed by atoms with Gasteiger partial charge in [-0.2, -0.15) is 0 Å². The summed E-state index contributed by atoms with van der Waals surface area (Å²) in [4.78, 5) is 0. The Morgan fingerprint density at radius 3 is 2.61 bits per heavy atom. The van der Waals surface area contributed by atoms with Crippen molar-refractivity contribution in [2.45, 2.75) is 38.6 Å². The van der Waals surface area contributed by atoms with Crippen molar-refractivity contribution in [1.29, 1.82) is 0 Å². The Morgan fingerprint density at radius 1 is 1.22 bits per heavy atom. The van der Waals surface area contributed by atoms with E-state index in [0.717, 1.165) is 11.5 Å². The van der Waals surface area contributed by atoms with Crippen LogP contribution in [0.3, 0.4) is 0 Å². The first-order chi connectivity index (χ1) is 8.76. The first-order valence-electron chi connectivity index (χ1n) is 6.83. The van der Waals surface area contributed by atoms with Gasteiger partial charge in [0.15, 0.2) is 11.5 Å². The summed E-state index contributed by atoms with van der Waals surface area (Å²) in [6.07, 6.45) is 2.38. The van der Waals surface area contributed by atoms with Crippen molar-refractivity contribution in [3.8, 4) is 11.5 Å². The maximum atomic E-state index is 5.64. The van der Waals surface area contributed by atoms with Gasteiger partial charge in [-0.25, -0.2) is 0 Å². The zero-order chi connectivity index (χ0) is 13.0. The zero-order valence-corrected chi connectivity index (χ0v) is 11.5. The molecule has 0 aromatic heterocycles. The van der Waals surface area contributed by atoms with Crippen molar-refractivity contribution in [1.82, 2.24) is 5.32 Å². The molecule has 1 heterocycles. The van der Waals surface area contributed by atoms with E-state index in [4.69, 9.17) is 9.47 Å². The molecule has 0 amide bonds. The highest BCUT2D eigenvalue weighted by molar-refractivity contribution is 5.45. The van der Waals surface area contributed by atoms with E-state index < -0.39 is 0 Å². The highest BCUT2D eigenvalue weighted by Gasteiger charge is 2.19. The Bertz CT molecular complexity index is 392. The van der Waals surface area contributed by atoms with Gasteiger partial charge < -0.3 is 14.8 Å². The van der Waals surface area contributed by atoms with E-state index in [-0.39, 0.29) is 0 Å². The van der Waals surface area contributed by atoms with Gasteiger partial charge in [0, 0.05) is 6.04 Å². The summed E-state index contributed by atoms with van der Waals surface area (Å²) in [5.74, 6) is 2.23. The molecule has 18 heavy (non-hydrogen) atoms. The van der Waals surface area contributed by atoms with Crippen LogP contribution in [0.15, 0.2) is 18.2 Å². The van der Waals surface area contributed by atoms with Crippen molar-refractivity contribution in [2.75, 3.05) is 20.3 Å². The Labute approximate surface area is 109 Å². The second kappa shape index (κ2) is 6.10. The minimum absolute atomic E-state index is 0.478. The number of hydrogen-bond donors (Lipinski definition) is 1. The zero-order valence-electron chi connectivity index (χ0n) is 11.5. The van der Waals surface area contributed by atoms with Crippen LogP contribution < -0.4 is 14.8 Å². The maximum absolute atomic E-state index is 5.64. The fourth-order valence-corrected chi connectivity index (χ4v) is 2.53. The quantitative estimate of drug-likeness (QED) is 0.870. The molecule has 2 rings (SSSR count). The molecule has 0 saturated heterocycles. The predicted molar refractivity (Wildman–Crippen MR) is 73.6 cm³/mol. The second-order valence-corrected chi connectivity index (χ2v) is 4.88. The van der Waals surface area contributed by atoms with Crippen LogP contribution in [0.1, 0.15) is 38.2 Å². The molecule has 100 valence electrons. The van der Waals surface area contributed by atoms with Crippen molar-refractivity contribution in [3.05, 3.63) is 23.8 Å². The molecule has 0 fully saturated rings. The molecule has 0 radical (unpaired) electrons. The van der Waals surface area contributed by atoms with Gasteiger partial charge in [-0.05, 0) is 37.1 Å². The summed E-state index contributed by atoms with van der Waals surface area (Å²) in [6.45, 7) is 5.79. The lowest BCUT2D eigenvalue weighted by Gasteiger charge is -2.25. The summed E-state index contributed by atoms with van der Waals surface area (Å²) >= 11 is 0. The van der Waals surface area contributed by atoms with Gasteiger partial charge in [0.1, 0.15) is 13.2 Å². The van der Waals surface area contributed by atoms with Crippen molar-refractivity contribution in [2.24, 2.45) is 0 Å². The molecule has 0 aliphatic carbocycles. The molecule has 0 spiro atoms. The fourth-order valence-electron chi connectivity index (χ4n) is 2.53. The molecule has 1 aliphatic rings. The lowest BCUT2D eigenvalue weighted by atomic mass is 9.90. The Kier molecular flexibility index (Phi) is 4.48. The largest absolute Gasteiger partial charge is 0.486 e. The third-order valence-corrected chi connectivity index (χ3v) is 3.67. The van der Waals surface area contributed by atoms with Crippen molar-refractivity contribution >= 4 is 0 Å². The maximum Gasteiger partial charge on any atom is 0.161 e. The van der Waals surface area contributed by atoms with Crippen LogP contribution in [-0.2, 0) is 0 Å². The van der Waals surface area contributed by atoms with Gasteiger partial charge in [-0.15, -0.1) is 0 Å². The van der Waals surface area contributed by atoms with E-state index in [1.165, 1.54) is 18.4 Å². The van der Waals surface area contributed by atoms with Crippen LogP contribution in [0.5, 0.6) is 11.5 Å². The van der Waals surface area contributed by atoms with Gasteiger partial charge in [-0.1, -0.05) is 26.3 Å². The molecule has 1 N–H and O–H groups in total. The minimum atomic E-state index is 0.478. The third kappa shape index (κ3) is 2.78. The van der Waals surface area contributed by atoms with Gasteiger partial charge in [0.2, 0.25) is 0 Å². The highest BCUT2D eigenvalue weighted by atomic mass is 16.6. The molecule has 0 saturated carbocycles. The molecule has 1 aromatic carbocycles. The number of likely N-dealkylation sites (N-methyl/N-ethyl adjacent to an activating group) is 1. The van der Waals surface area contributed by atoms with E-state index in [1.54, 1.807) is 0 Å². The second-order valence-electron chi connectivity index (χ2n) is 4.88. The standard InChI is InChI=1S/C15H23NO2/c1-4-5-13(16-3)11(2)12-6-7-14-15(10-12)18-9-8-17-14/h6-7,10-11,13,16H,4-5,8-9H2,1-3H3. The van der Waals surface area contributed by atoms with Crippen LogP contribution in [-0.4, -0.2) is 26.3 Å². The van der Waals surface area contributed by atoms with E-state index in [1.807, 2.05) is 13.1 Å². The van der Waals surface area contributed by atoms with Crippen LogP contribution >= 0.6 is 0 Å². The van der Waals surface area contributed by atoms with Gasteiger partial charge in [0.05, 0.1) is 0 Å². The molecule has 1 aliphatic heterocycles. The molecule has 1 aromatic rings. The van der Waals surface area contributed by atoms with E-state index >= 15 is 0 Å². The highest BCUT2D eigenvalue weighted by Crippen LogP contribution is 2.34. The number of nitrogens with one attached hydrogen (secondary N) is 1. The van der Waals surface area contributed by atoms with Crippen molar-refractivity contribution in [3.63, 3.8) is 0 Å². The number of fused-ring (bicyclic) bond motifs is 1. The molecule has 2 atom stereocenters. The van der Waals surface area contributed by atoms with E-state index in [2.05, 4.69) is 31.3 Å². The number of hydrogen-bond acceptors (Lipinski definition) is 3. The molecule has 0 bridgehead atoms. The number of rotatable bonds is 5. The molecular formula is C15H23NO2. The van der Waals surface area contributed by atoms with E-state index in [9.17, 15) is 0 Å². The average molecular weight is 249 g/mol. The van der Waals surface area contributed by atoms with Gasteiger partial charge in [-0.3, -0.25) is 0 Å². The lowest BCUT2D eigenvalue weighted by Crippen LogP contribution is -2.30. The van der Waals surface area contributed by atoms with Crippen molar-refractivity contribution < 1.29 is 9.47 Å². The number of benzene rings is 1. The summed E-state index contributed by atoms with van der Waals surface area (Å²) in [5.41, 5.74) is 1.31. The minimum Gasteiger partial charge on any atom is -0.486 e. The lowest BCUT2D eigenvalue weighted by molar-refractivity contribution is 0.171. The smallest absolute Gasteiger partial charge is 0.161 e. The summed E-state index contributed by atoms with van der Waals surface area (Å²) < 4.78 is 11.2. The van der Waals surface area contributed by atoms with Crippen LogP contribution in [0.2, 0.25) is 0 Å². The van der Waals surface area contributed by atoms with Gasteiger partial charge >= 0.3 is 0 Å². The molecule has 2 unspecified atom stereocenters. The summed E-state index contributed by atoms with van der Waals surface area (Å²) in [6, 6.07) is 6.81. The predicted octanol–water partition coefficient (Wildman–Crippen LogP) is 2.95. The number of ether oxygens (including phenoxy) is 2. The average Bonchev–Trinajstić information content (AvgIpc) is 2.43. The SMILES string of the molecule is CCCC(NC)C(C)c1ccc2c(c1)OCCO2. The monoisotopic (exact) mass is 249 g/mol. The topological polar surface area (TPSA) is 30.5 Å². The van der Waals surface area contributed by atoms with Gasteiger partial charge in [0.25, 0.3) is 0 Å².